The van der Waals surface area contributed by atoms with Crippen LogP contribution in [0.2, 0.25) is 0 Å². The van der Waals surface area contributed by atoms with E-state index in [1.165, 1.54) is 37.4 Å². The Morgan fingerprint density at radius 2 is 1.66 bits per heavy atom. The molecular weight excluding hydrogens is 586 g/mol. The maximum atomic E-state index is 15.3. The van der Waals surface area contributed by atoms with Gasteiger partial charge in [0.1, 0.15) is 10.3 Å². The van der Waals surface area contributed by atoms with Crippen molar-refractivity contribution in [3.05, 3.63) is 70.5 Å². The number of hydrogen-bond donors (Lipinski definition) is 0. The molecule has 0 radical (unpaired) electrons. The highest BCUT2D eigenvalue weighted by molar-refractivity contribution is 9.10. The lowest BCUT2D eigenvalue weighted by atomic mass is 10.1. The van der Waals surface area contributed by atoms with Crippen LogP contribution in [0, 0.1) is 11.6 Å². The number of amides is 2. The van der Waals surface area contributed by atoms with Crippen molar-refractivity contribution in [1.29, 1.82) is 0 Å². The highest BCUT2D eigenvalue weighted by Gasteiger charge is 2.38. The molecule has 1 aliphatic rings. The number of benzene rings is 2. The Hall–Kier alpha value is -3.71. The maximum absolute atomic E-state index is 15.3. The van der Waals surface area contributed by atoms with E-state index in [1.54, 1.807) is 31.2 Å². The summed E-state index contributed by atoms with van der Waals surface area (Å²) in [7, 11) is -1.59. The van der Waals surface area contributed by atoms with E-state index >= 15 is 8.78 Å². The van der Waals surface area contributed by atoms with Crippen molar-refractivity contribution >= 4 is 54.4 Å². The minimum absolute atomic E-state index is 0.0604. The Morgan fingerprint density at radius 3 is 2.24 bits per heavy atom. The van der Waals surface area contributed by atoms with Crippen molar-refractivity contribution in [2.45, 2.75) is 18.4 Å². The zero-order valence-corrected chi connectivity index (χ0v) is 22.8. The van der Waals surface area contributed by atoms with Crippen LogP contribution in [0.25, 0.3) is 11.0 Å². The average molecular weight is 607 g/mol. The number of hydrogen-bond acceptors (Lipinski definition) is 6. The fourth-order valence-corrected chi connectivity index (χ4v) is 6.88. The third-order valence-corrected chi connectivity index (χ3v) is 8.81. The Balaban J connectivity index is 1.71. The van der Waals surface area contributed by atoms with Crippen molar-refractivity contribution in [2.75, 3.05) is 30.6 Å². The van der Waals surface area contributed by atoms with Crippen LogP contribution in [0.1, 0.15) is 12.5 Å². The van der Waals surface area contributed by atoms with Gasteiger partial charge in [-0.3, -0.25) is 9.80 Å². The molecule has 198 valence electrons. The fraction of sp³-hybridized carbons (Fsp3) is 0.200. The van der Waals surface area contributed by atoms with Crippen LogP contribution in [0.3, 0.4) is 0 Å². The second-order valence-corrected chi connectivity index (χ2v) is 10.9. The predicted molar refractivity (Wildman–Crippen MR) is 141 cm³/mol. The van der Waals surface area contributed by atoms with Gasteiger partial charge in [0.15, 0.2) is 28.8 Å². The minimum Gasteiger partial charge on any atom is -0.493 e. The van der Waals surface area contributed by atoms with Gasteiger partial charge in [-0.25, -0.2) is 30.9 Å². The first-order chi connectivity index (χ1) is 18.1. The number of aromatic nitrogens is 2. The van der Waals surface area contributed by atoms with E-state index in [0.717, 1.165) is 14.9 Å². The van der Waals surface area contributed by atoms with E-state index in [0.29, 0.717) is 16.6 Å². The number of ether oxygens (including phenoxy) is 2. The molecule has 0 saturated heterocycles. The number of carbonyl (C=O) groups excluding carboxylic acids is 1. The molecule has 0 bridgehead atoms. The first kappa shape index (κ1) is 25.9. The first-order valence-corrected chi connectivity index (χ1v) is 13.6. The standard InChI is InChI=1S/C25H21BrF2N4O5S/c1-4-30-22-14(13-31(25(30)33)23-20(27)17(36-2)11-18(37-3)21(23)28)12-29-24-16(22)10-19(26)32(24)38(34,35)15-8-6-5-7-9-15/h5-12H,4,13H2,1-3H3. The molecule has 13 heteroatoms. The van der Waals surface area contributed by atoms with Crippen LogP contribution in [0.15, 0.2) is 58.2 Å². The summed E-state index contributed by atoms with van der Waals surface area (Å²) in [5.41, 5.74) is 0.332. The molecule has 0 fully saturated rings. The normalized spacial score (nSPS) is 13.7. The predicted octanol–water partition coefficient (Wildman–Crippen LogP) is 5.30. The summed E-state index contributed by atoms with van der Waals surface area (Å²) in [5, 5.41) is 0.382. The van der Waals surface area contributed by atoms with Gasteiger partial charge in [0, 0.05) is 29.8 Å². The van der Waals surface area contributed by atoms with Crippen LogP contribution >= 0.6 is 15.9 Å². The van der Waals surface area contributed by atoms with Gasteiger partial charge in [0.25, 0.3) is 10.0 Å². The lowest BCUT2D eigenvalue weighted by Crippen LogP contribution is -2.48. The molecule has 2 aromatic heterocycles. The van der Waals surface area contributed by atoms with E-state index in [1.807, 2.05) is 0 Å². The van der Waals surface area contributed by atoms with Gasteiger partial charge in [-0.2, -0.15) is 0 Å². The third kappa shape index (κ3) is 3.79. The molecule has 2 aromatic carbocycles. The van der Waals surface area contributed by atoms with Gasteiger partial charge in [0.2, 0.25) is 0 Å². The van der Waals surface area contributed by atoms with E-state index < -0.39 is 33.4 Å². The fourth-order valence-electron chi connectivity index (χ4n) is 4.54. The number of halogens is 3. The molecule has 0 aliphatic carbocycles. The van der Waals surface area contributed by atoms with E-state index in [2.05, 4.69) is 20.9 Å². The highest BCUT2D eigenvalue weighted by atomic mass is 79.9. The molecular formula is C25H21BrF2N4O5S. The zero-order chi connectivity index (χ0) is 27.4. The number of pyridine rings is 1. The van der Waals surface area contributed by atoms with E-state index in [9.17, 15) is 13.2 Å². The molecule has 3 heterocycles. The highest BCUT2D eigenvalue weighted by Crippen LogP contribution is 2.43. The number of carbonyl (C=O) groups is 1. The third-order valence-electron chi connectivity index (χ3n) is 6.27. The molecule has 0 saturated carbocycles. The number of methoxy groups -OCH3 is 2. The number of fused-ring (bicyclic) bond motifs is 3. The Bertz CT molecular complexity index is 1670. The van der Waals surface area contributed by atoms with Crippen LogP contribution in [0.5, 0.6) is 11.5 Å². The van der Waals surface area contributed by atoms with Crippen molar-refractivity contribution in [2.24, 2.45) is 0 Å². The van der Waals surface area contributed by atoms with Gasteiger partial charge >= 0.3 is 6.03 Å². The quantitative estimate of drug-likeness (QED) is 0.296. The lowest BCUT2D eigenvalue weighted by Gasteiger charge is -2.37. The van der Waals surface area contributed by atoms with E-state index in [4.69, 9.17) is 9.47 Å². The molecule has 1 aliphatic heterocycles. The van der Waals surface area contributed by atoms with Gasteiger partial charge in [-0.15, -0.1) is 0 Å². The topological polar surface area (TPSA) is 94.0 Å². The van der Waals surface area contributed by atoms with Crippen LogP contribution < -0.4 is 19.3 Å². The van der Waals surface area contributed by atoms with Gasteiger partial charge in [0.05, 0.1) is 31.3 Å². The Morgan fingerprint density at radius 1 is 1.03 bits per heavy atom. The first-order valence-electron chi connectivity index (χ1n) is 11.3. The molecule has 0 unspecified atom stereocenters. The summed E-state index contributed by atoms with van der Waals surface area (Å²) in [6, 6.07) is 9.77. The zero-order valence-electron chi connectivity index (χ0n) is 20.4. The second kappa shape index (κ2) is 9.55. The van der Waals surface area contributed by atoms with E-state index in [-0.39, 0.29) is 39.7 Å². The Labute approximate surface area is 225 Å². The number of urea groups is 1. The van der Waals surface area contributed by atoms with Crippen molar-refractivity contribution in [3.8, 4) is 11.5 Å². The SMILES string of the molecule is CCN1C(=O)N(c2c(F)c(OC)cc(OC)c2F)Cc2cnc3c(cc(Br)n3S(=O)(=O)c3ccccc3)c21. The lowest BCUT2D eigenvalue weighted by molar-refractivity contribution is 0.249. The molecule has 9 nitrogen and oxygen atoms in total. The molecule has 0 N–H and O–H groups in total. The summed E-state index contributed by atoms with van der Waals surface area (Å²) >= 11 is 3.33. The number of rotatable bonds is 6. The van der Waals surface area contributed by atoms with Gasteiger partial charge in [-0.1, -0.05) is 18.2 Å². The summed E-state index contributed by atoms with van der Waals surface area (Å²) in [6.07, 6.45) is 1.40. The maximum Gasteiger partial charge on any atom is 0.329 e. The molecule has 4 aromatic rings. The number of nitrogens with zero attached hydrogens (tertiary/aromatic N) is 4. The Kier molecular flexibility index (Phi) is 6.51. The summed E-state index contributed by atoms with van der Waals surface area (Å²) in [6.45, 7) is 1.59. The largest absolute Gasteiger partial charge is 0.493 e. The molecule has 2 amide bonds. The van der Waals surface area contributed by atoms with Crippen molar-refractivity contribution in [3.63, 3.8) is 0 Å². The van der Waals surface area contributed by atoms with Crippen molar-refractivity contribution < 1.29 is 31.5 Å². The molecule has 0 atom stereocenters. The summed E-state index contributed by atoms with van der Waals surface area (Å²) in [4.78, 5) is 20.4. The van der Waals surface area contributed by atoms with Crippen LogP contribution in [-0.2, 0) is 16.6 Å². The van der Waals surface area contributed by atoms with Gasteiger partial charge < -0.3 is 9.47 Å². The average Bonchev–Trinajstić information content (AvgIpc) is 3.26. The molecule has 5 rings (SSSR count). The summed E-state index contributed by atoms with van der Waals surface area (Å²) < 4.78 is 68.8. The monoisotopic (exact) mass is 606 g/mol. The smallest absolute Gasteiger partial charge is 0.329 e. The minimum atomic E-state index is -4.03. The van der Waals surface area contributed by atoms with Crippen LogP contribution in [0.4, 0.5) is 25.0 Å². The summed E-state index contributed by atoms with van der Waals surface area (Å²) in [5.74, 6) is -2.70. The molecule has 0 spiro atoms. The van der Waals surface area contributed by atoms with Crippen molar-refractivity contribution in [1.82, 2.24) is 8.96 Å². The molecule has 38 heavy (non-hydrogen) atoms. The second-order valence-electron chi connectivity index (χ2n) is 8.29. The van der Waals surface area contributed by atoms with Gasteiger partial charge in [-0.05, 0) is 41.1 Å². The number of anilines is 2. The van der Waals surface area contributed by atoms with Crippen LogP contribution in [-0.4, -0.2) is 44.2 Å².